The van der Waals surface area contributed by atoms with E-state index in [-0.39, 0.29) is 0 Å². The van der Waals surface area contributed by atoms with Crippen LogP contribution in [0.5, 0.6) is 5.75 Å². The zero-order valence-corrected chi connectivity index (χ0v) is 13.6. The number of imidazole rings is 1. The van der Waals surface area contributed by atoms with E-state index in [1.54, 1.807) is 7.11 Å². The molecule has 0 unspecified atom stereocenters. The standard InChI is InChI=1S/C16H22ClN3O/c1-4-6-10-20-13(5-2)19-15(16(20)18)14-11(17)8-7-9-12(14)21-3/h7-9H,4-6,10,18H2,1-3H3. The number of ether oxygens (including phenoxy) is 1. The van der Waals surface area contributed by atoms with Crippen molar-refractivity contribution in [3.63, 3.8) is 0 Å². The molecule has 0 bridgehead atoms. The predicted octanol–water partition coefficient (Wildman–Crippen LogP) is 4.16. The van der Waals surface area contributed by atoms with Crippen molar-refractivity contribution in [3.05, 3.63) is 29.0 Å². The molecule has 0 aliphatic rings. The fraction of sp³-hybridized carbons (Fsp3) is 0.438. The van der Waals surface area contributed by atoms with Gasteiger partial charge in [0.05, 0.1) is 17.7 Å². The number of nitrogens with two attached hydrogens (primary N) is 1. The third kappa shape index (κ3) is 3.00. The van der Waals surface area contributed by atoms with Gasteiger partial charge in [0.2, 0.25) is 0 Å². The lowest BCUT2D eigenvalue weighted by Crippen LogP contribution is -2.06. The number of unbranched alkanes of at least 4 members (excludes halogenated alkanes) is 1. The van der Waals surface area contributed by atoms with Crippen molar-refractivity contribution in [1.82, 2.24) is 9.55 Å². The second-order valence-electron chi connectivity index (χ2n) is 4.94. The summed E-state index contributed by atoms with van der Waals surface area (Å²) in [7, 11) is 1.63. The number of anilines is 1. The summed E-state index contributed by atoms with van der Waals surface area (Å²) in [5, 5.41) is 0.601. The highest BCUT2D eigenvalue weighted by molar-refractivity contribution is 6.33. The van der Waals surface area contributed by atoms with Crippen LogP contribution in [-0.4, -0.2) is 16.7 Å². The number of aromatic nitrogens is 2. The van der Waals surface area contributed by atoms with E-state index in [9.17, 15) is 0 Å². The first-order valence-corrected chi connectivity index (χ1v) is 7.69. The Morgan fingerprint density at radius 1 is 1.33 bits per heavy atom. The maximum Gasteiger partial charge on any atom is 0.131 e. The minimum absolute atomic E-state index is 0.601. The smallest absolute Gasteiger partial charge is 0.131 e. The zero-order valence-electron chi connectivity index (χ0n) is 12.8. The summed E-state index contributed by atoms with van der Waals surface area (Å²) in [6, 6.07) is 5.56. The van der Waals surface area contributed by atoms with Crippen molar-refractivity contribution in [2.24, 2.45) is 0 Å². The summed E-state index contributed by atoms with van der Waals surface area (Å²) >= 11 is 6.34. The molecule has 0 aliphatic carbocycles. The van der Waals surface area contributed by atoms with Crippen LogP contribution in [0.3, 0.4) is 0 Å². The van der Waals surface area contributed by atoms with Crippen molar-refractivity contribution in [3.8, 4) is 17.0 Å². The number of halogens is 1. The fourth-order valence-electron chi connectivity index (χ4n) is 2.44. The molecular formula is C16H22ClN3O. The zero-order chi connectivity index (χ0) is 15.4. The molecular weight excluding hydrogens is 286 g/mol. The van der Waals surface area contributed by atoms with Crippen LogP contribution < -0.4 is 10.5 Å². The minimum Gasteiger partial charge on any atom is -0.496 e. The molecule has 2 aromatic rings. The number of methoxy groups -OCH3 is 1. The summed E-state index contributed by atoms with van der Waals surface area (Å²) in [5.41, 5.74) is 7.81. The van der Waals surface area contributed by atoms with E-state index in [0.717, 1.165) is 37.2 Å². The molecule has 114 valence electrons. The molecule has 1 heterocycles. The van der Waals surface area contributed by atoms with Crippen LogP contribution in [0.2, 0.25) is 5.02 Å². The summed E-state index contributed by atoms with van der Waals surface area (Å²) < 4.78 is 7.50. The van der Waals surface area contributed by atoms with Crippen LogP contribution in [0.4, 0.5) is 5.82 Å². The van der Waals surface area contributed by atoms with Crippen LogP contribution in [-0.2, 0) is 13.0 Å². The molecule has 21 heavy (non-hydrogen) atoms. The molecule has 0 amide bonds. The van der Waals surface area contributed by atoms with Gasteiger partial charge >= 0.3 is 0 Å². The molecule has 5 heteroatoms. The first-order chi connectivity index (χ1) is 10.1. The van der Waals surface area contributed by atoms with Gasteiger partial charge in [-0.05, 0) is 18.6 Å². The summed E-state index contributed by atoms with van der Waals surface area (Å²) in [5.74, 6) is 2.33. The lowest BCUT2D eigenvalue weighted by Gasteiger charge is -2.10. The van der Waals surface area contributed by atoms with Crippen molar-refractivity contribution >= 4 is 17.4 Å². The van der Waals surface area contributed by atoms with Gasteiger partial charge in [0.15, 0.2) is 0 Å². The lowest BCUT2D eigenvalue weighted by molar-refractivity contribution is 0.416. The Morgan fingerprint density at radius 3 is 2.71 bits per heavy atom. The number of hydrogen-bond acceptors (Lipinski definition) is 3. The van der Waals surface area contributed by atoms with Gasteiger partial charge in [-0.1, -0.05) is 37.9 Å². The van der Waals surface area contributed by atoms with Gasteiger partial charge in [0.1, 0.15) is 23.1 Å². The average molecular weight is 308 g/mol. The summed E-state index contributed by atoms with van der Waals surface area (Å²) in [6.07, 6.45) is 3.03. The number of hydrogen-bond donors (Lipinski definition) is 1. The van der Waals surface area contributed by atoms with Gasteiger partial charge in [0, 0.05) is 13.0 Å². The number of nitrogens with zero attached hydrogens (tertiary/aromatic N) is 2. The van der Waals surface area contributed by atoms with Crippen LogP contribution in [0.15, 0.2) is 18.2 Å². The van der Waals surface area contributed by atoms with Crippen LogP contribution >= 0.6 is 11.6 Å². The van der Waals surface area contributed by atoms with Gasteiger partial charge in [-0.25, -0.2) is 4.98 Å². The Morgan fingerprint density at radius 2 is 2.10 bits per heavy atom. The second kappa shape index (κ2) is 6.85. The van der Waals surface area contributed by atoms with Crippen molar-refractivity contribution in [2.75, 3.05) is 12.8 Å². The number of aryl methyl sites for hydroxylation is 1. The SMILES string of the molecule is CCCCn1c(CC)nc(-c2c(Cl)cccc2OC)c1N. The van der Waals surface area contributed by atoms with E-state index in [2.05, 4.69) is 18.4 Å². The molecule has 0 saturated carbocycles. The molecule has 1 aromatic carbocycles. The number of nitrogen functional groups attached to an aromatic ring is 1. The van der Waals surface area contributed by atoms with E-state index in [1.165, 1.54) is 0 Å². The molecule has 0 atom stereocenters. The predicted molar refractivity (Wildman–Crippen MR) is 87.9 cm³/mol. The Kier molecular flexibility index (Phi) is 5.12. The van der Waals surface area contributed by atoms with E-state index in [0.29, 0.717) is 22.3 Å². The summed E-state index contributed by atoms with van der Waals surface area (Å²) in [6.45, 7) is 5.12. The van der Waals surface area contributed by atoms with E-state index in [1.807, 2.05) is 18.2 Å². The van der Waals surface area contributed by atoms with Crippen molar-refractivity contribution < 1.29 is 4.74 Å². The Labute approximate surface area is 130 Å². The Bertz CT molecular complexity index is 622. The highest BCUT2D eigenvalue weighted by Crippen LogP contribution is 2.39. The van der Waals surface area contributed by atoms with E-state index >= 15 is 0 Å². The molecule has 1 aromatic heterocycles. The second-order valence-corrected chi connectivity index (χ2v) is 5.34. The first-order valence-electron chi connectivity index (χ1n) is 7.31. The quantitative estimate of drug-likeness (QED) is 0.872. The first kappa shape index (κ1) is 15.7. The highest BCUT2D eigenvalue weighted by atomic mass is 35.5. The molecule has 0 saturated heterocycles. The van der Waals surface area contributed by atoms with Gasteiger partial charge in [-0.3, -0.25) is 0 Å². The number of benzene rings is 1. The van der Waals surface area contributed by atoms with Crippen molar-refractivity contribution in [1.29, 1.82) is 0 Å². The monoisotopic (exact) mass is 307 g/mol. The minimum atomic E-state index is 0.601. The van der Waals surface area contributed by atoms with Gasteiger partial charge < -0.3 is 15.0 Å². The van der Waals surface area contributed by atoms with Crippen LogP contribution in [0.1, 0.15) is 32.5 Å². The molecule has 2 N–H and O–H groups in total. The Hall–Kier alpha value is -1.68. The maximum atomic E-state index is 6.34. The van der Waals surface area contributed by atoms with Crippen LogP contribution in [0.25, 0.3) is 11.3 Å². The fourth-order valence-corrected chi connectivity index (χ4v) is 2.69. The van der Waals surface area contributed by atoms with Crippen molar-refractivity contribution in [2.45, 2.75) is 39.7 Å². The summed E-state index contributed by atoms with van der Waals surface area (Å²) in [4.78, 5) is 4.69. The molecule has 2 rings (SSSR count). The maximum absolute atomic E-state index is 6.34. The van der Waals surface area contributed by atoms with Gasteiger partial charge in [-0.15, -0.1) is 0 Å². The lowest BCUT2D eigenvalue weighted by atomic mass is 10.1. The molecule has 0 spiro atoms. The molecule has 0 radical (unpaired) electrons. The third-order valence-corrected chi connectivity index (χ3v) is 3.88. The third-order valence-electron chi connectivity index (χ3n) is 3.57. The van der Waals surface area contributed by atoms with Crippen LogP contribution in [0, 0.1) is 0 Å². The van der Waals surface area contributed by atoms with E-state index in [4.69, 9.17) is 27.1 Å². The normalized spacial score (nSPS) is 10.9. The van der Waals surface area contributed by atoms with Gasteiger partial charge in [0.25, 0.3) is 0 Å². The number of rotatable bonds is 6. The average Bonchev–Trinajstić information content (AvgIpc) is 2.80. The Balaban J connectivity index is 2.57. The highest BCUT2D eigenvalue weighted by Gasteiger charge is 2.20. The largest absolute Gasteiger partial charge is 0.496 e. The molecule has 0 fully saturated rings. The van der Waals surface area contributed by atoms with Gasteiger partial charge in [-0.2, -0.15) is 0 Å². The molecule has 0 aliphatic heterocycles. The molecule has 4 nitrogen and oxygen atoms in total. The van der Waals surface area contributed by atoms with E-state index < -0.39 is 0 Å². The topological polar surface area (TPSA) is 53.1 Å².